The quantitative estimate of drug-likeness (QED) is 0.513. The zero-order valence-corrected chi connectivity index (χ0v) is 16.1. The molecule has 0 radical (unpaired) electrons. The molecule has 0 amide bonds. The van der Waals surface area contributed by atoms with E-state index in [1.807, 2.05) is 36.6 Å². The first kappa shape index (κ1) is 17.9. The van der Waals surface area contributed by atoms with E-state index in [9.17, 15) is 9.59 Å². The molecule has 0 unspecified atom stereocenters. The van der Waals surface area contributed by atoms with Crippen LogP contribution in [0.4, 0.5) is 0 Å². The number of rotatable bonds is 5. The molecule has 0 spiro atoms. The second-order valence-corrected chi connectivity index (χ2v) is 7.81. The number of nitrogens with one attached hydrogen (secondary N) is 1. The van der Waals surface area contributed by atoms with Gasteiger partial charge in [-0.3, -0.25) is 9.59 Å². The highest BCUT2D eigenvalue weighted by atomic mass is 32.1. The lowest BCUT2D eigenvalue weighted by Crippen LogP contribution is -2.23. The second kappa shape index (κ2) is 7.64. The Labute approximate surface area is 161 Å². The van der Waals surface area contributed by atoms with Gasteiger partial charge in [-0.2, -0.15) is 0 Å². The van der Waals surface area contributed by atoms with E-state index >= 15 is 0 Å². The summed E-state index contributed by atoms with van der Waals surface area (Å²) in [6.07, 6.45) is 5.24. The minimum Gasteiger partial charge on any atom is -0.466 e. The highest BCUT2D eigenvalue weighted by molar-refractivity contribution is 7.12. The van der Waals surface area contributed by atoms with Crippen molar-refractivity contribution in [3.05, 3.63) is 52.1 Å². The van der Waals surface area contributed by atoms with Gasteiger partial charge in [0, 0.05) is 28.4 Å². The number of para-hydroxylation sites is 1. The predicted octanol–water partition coefficient (Wildman–Crippen LogP) is 4.69. The SMILES string of the molecule is CCOC(=O)C1CCC(c2csc(C(=O)c3c[nH]c4ccccc34)n2)CC1. The summed E-state index contributed by atoms with van der Waals surface area (Å²) in [5.74, 6) is 0.206. The number of benzene rings is 1. The minimum atomic E-state index is -0.0792. The molecule has 1 aliphatic carbocycles. The number of thiazole rings is 1. The van der Waals surface area contributed by atoms with Crippen LogP contribution in [-0.4, -0.2) is 28.3 Å². The number of aromatic amines is 1. The third-order valence-corrected chi connectivity index (χ3v) is 6.17. The number of esters is 1. The lowest BCUT2D eigenvalue weighted by Gasteiger charge is -2.26. The van der Waals surface area contributed by atoms with Crippen molar-refractivity contribution in [1.29, 1.82) is 0 Å². The minimum absolute atomic E-state index is 0.00663. The summed E-state index contributed by atoms with van der Waals surface area (Å²) in [5.41, 5.74) is 2.60. The van der Waals surface area contributed by atoms with Crippen molar-refractivity contribution in [2.24, 2.45) is 5.92 Å². The maximum Gasteiger partial charge on any atom is 0.308 e. The fourth-order valence-electron chi connectivity index (χ4n) is 3.84. The Morgan fingerprint density at radius 3 is 2.78 bits per heavy atom. The molecule has 2 aromatic heterocycles. The van der Waals surface area contributed by atoms with Crippen molar-refractivity contribution in [2.75, 3.05) is 6.61 Å². The van der Waals surface area contributed by atoms with E-state index in [4.69, 9.17) is 4.74 Å². The van der Waals surface area contributed by atoms with Gasteiger partial charge in [0.1, 0.15) is 0 Å². The summed E-state index contributed by atoms with van der Waals surface area (Å²) in [7, 11) is 0. The molecule has 0 saturated heterocycles. The van der Waals surface area contributed by atoms with Crippen molar-refractivity contribution < 1.29 is 14.3 Å². The van der Waals surface area contributed by atoms with Crippen LogP contribution in [0, 0.1) is 5.92 Å². The largest absolute Gasteiger partial charge is 0.466 e. The van der Waals surface area contributed by atoms with Gasteiger partial charge in [0.15, 0.2) is 5.01 Å². The van der Waals surface area contributed by atoms with Gasteiger partial charge in [-0.15, -0.1) is 11.3 Å². The monoisotopic (exact) mass is 382 g/mol. The zero-order valence-electron chi connectivity index (χ0n) is 15.2. The van der Waals surface area contributed by atoms with Gasteiger partial charge in [0.05, 0.1) is 23.8 Å². The number of H-pyrrole nitrogens is 1. The van der Waals surface area contributed by atoms with E-state index in [0.29, 0.717) is 23.1 Å². The van der Waals surface area contributed by atoms with Crippen LogP contribution in [0.5, 0.6) is 0 Å². The summed E-state index contributed by atoms with van der Waals surface area (Å²) >= 11 is 1.41. The Balaban J connectivity index is 1.46. The molecular formula is C21H22N2O3S. The van der Waals surface area contributed by atoms with Gasteiger partial charge in [-0.25, -0.2) is 4.98 Å². The molecule has 3 aromatic rings. The average Bonchev–Trinajstić information content (AvgIpc) is 3.35. The smallest absolute Gasteiger partial charge is 0.308 e. The first-order valence-electron chi connectivity index (χ1n) is 9.40. The molecule has 1 N–H and O–H groups in total. The normalized spacial score (nSPS) is 19.9. The van der Waals surface area contributed by atoms with Gasteiger partial charge in [-0.05, 0) is 38.7 Å². The number of hydrogen-bond donors (Lipinski definition) is 1. The molecule has 0 aliphatic heterocycles. The van der Waals surface area contributed by atoms with E-state index in [1.165, 1.54) is 11.3 Å². The Morgan fingerprint density at radius 1 is 1.22 bits per heavy atom. The molecule has 2 heterocycles. The lowest BCUT2D eigenvalue weighted by atomic mass is 9.81. The molecule has 1 aromatic carbocycles. The fourth-order valence-corrected chi connectivity index (χ4v) is 4.69. The number of ether oxygens (including phenoxy) is 1. The molecule has 1 fully saturated rings. The van der Waals surface area contributed by atoms with Crippen molar-refractivity contribution >= 4 is 34.0 Å². The Morgan fingerprint density at radius 2 is 2.00 bits per heavy atom. The molecule has 6 heteroatoms. The summed E-state index contributed by atoms with van der Waals surface area (Å²) in [4.78, 5) is 32.6. The van der Waals surface area contributed by atoms with Gasteiger partial charge in [0.25, 0.3) is 0 Å². The number of aromatic nitrogens is 2. The third kappa shape index (κ3) is 3.54. The number of carbonyl (C=O) groups excluding carboxylic acids is 2. The molecule has 4 rings (SSSR count). The molecule has 0 atom stereocenters. The number of fused-ring (bicyclic) bond motifs is 1. The van der Waals surface area contributed by atoms with E-state index in [0.717, 1.165) is 42.3 Å². The van der Waals surface area contributed by atoms with Gasteiger partial charge in [0.2, 0.25) is 5.78 Å². The third-order valence-electron chi connectivity index (χ3n) is 5.32. The number of nitrogens with zero attached hydrogens (tertiary/aromatic N) is 1. The first-order valence-corrected chi connectivity index (χ1v) is 10.3. The fraction of sp³-hybridized carbons (Fsp3) is 0.381. The second-order valence-electron chi connectivity index (χ2n) is 6.96. The van der Waals surface area contributed by atoms with Gasteiger partial charge in [-0.1, -0.05) is 18.2 Å². The molecule has 1 aliphatic rings. The van der Waals surface area contributed by atoms with Gasteiger partial charge >= 0.3 is 5.97 Å². The van der Waals surface area contributed by atoms with E-state index in [2.05, 4.69) is 9.97 Å². The maximum atomic E-state index is 12.9. The van der Waals surface area contributed by atoms with Crippen LogP contribution in [-0.2, 0) is 9.53 Å². The molecule has 0 bridgehead atoms. The molecule has 5 nitrogen and oxygen atoms in total. The highest BCUT2D eigenvalue weighted by Gasteiger charge is 2.29. The molecule has 27 heavy (non-hydrogen) atoms. The summed E-state index contributed by atoms with van der Waals surface area (Å²) < 4.78 is 5.13. The number of ketones is 1. The Bertz CT molecular complexity index is 967. The molecule has 140 valence electrons. The van der Waals surface area contributed by atoms with Crippen LogP contribution in [0.1, 0.15) is 59.6 Å². The molecular weight excluding hydrogens is 360 g/mol. The van der Waals surface area contributed by atoms with E-state index in [-0.39, 0.29) is 17.7 Å². The van der Waals surface area contributed by atoms with Crippen LogP contribution in [0.2, 0.25) is 0 Å². The Kier molecular flexibility index (Phi) is 5.07. The van der Waals surface area contributed by atoms with Crippen LogP contribution in [0.15, 0.2) is 35.8 Å². The van der Waals surface area contributed by atoms with Crippen molar-refractivity contribution in [1.82, 2.24) is 9.97 Å². The number of carbonyl (C=O) groups is 2. The zero-order chi connectivity index (χ0) is 18.8. The van der Waals surface area contributed by atoms with Crippen LogP contribution < -0.4 is 0 Å². The highest BCUT2D eigenvalue weighted by Crippen LogP contribution is 2.37. The standard InChI is InChI=1S/C21H22N2O3S/c1-2-26-21(25)14-9-7-13(8-10-14)18-12-27-20(23-18)19(24)16-11-22-17-6-4-3-5-15(16)17/h3-6,11-14,22H,2,7-10H2,1H3. The van der Waals surface area contributed by atoms with Crippen LogP contribution in [0.25, 0.3) is 10.9 Å². The van der Waals surface area contributed by atoms with Crippen molar-refractivity contribution in [3.63, 3.8) is 0 Å². The summed E-state index contributed by atoms with van der Waals surface area (Å²) in [6, 6.07) is 7.79. The molecule has 1 saturated carbocycles. The van der Waals surface area contributed by atoms with E-state index in [1.54, 1.807) is 6.20 Å². The van der Waals surface area contributed by atoms with Crippen molar-refractivity contribution in [2.45, 2.75) is 38.5 Å². The topological polar surface area (TPSA) is 72.1 Å². The van der Waals surface area contributed by atoms with E-state index < -0.39 is 0 Å². The Hall–Kier alpha value is -2.47. The number of hydrogen-bond acceptors (Lipinski definition) is 5. The average molecular weight is 382 g/mol. The van der Waals surface area contributed by atoms with Crippen molar-refractivity contribution in [3.8, 4) is 0 Å². The lowest BCUT2D eigenvalue weighted by molar-refractivity contribution is -0.149. The van der Waals surface area contributed by atoms with Crippen LogP contribution >= 0.6 is 11.3 Å². The summed E-state index contributed by atoms with van der Waals surface area (Å²) in [6.45, 7) is 2.27. The maximum absolute atomic E-state index is 12.9. The predicted molar refractivity (Wildman–Crippen MR) is 105 cm³/mol. The first-order chi connectivity index (χ1) is 13.2. The summed E-state index contributed by atoms with van der Waals surface area (Å²) in [5, 5.41) is 3.45. The van der Waals surface area contributed by atoms with Gasteiger partial charge < -0.3 is 9.72 Å². The van der Waals surface area contributed by atoms with Crippen LogP contribution in [0.3, 0.4) is 0 Å².